The Balaban J connectivity index is 1.65. The van der Waals surface area contributed by atoms with Crippen LogP contribution in [0.15, 0.2) is 42.5 Å². The van der Waals surface area contributed by atoms with Crippen LogP contribution in [0.2, 0.25) is 0 Å². The Labute approximate surface area is 154 Å². The van der Waals surface area contributed by atoms with Crippen molar-refractivity contribution in [2.24, 2.45) is 5.92 Å². The first kappa shape index (κ1) is 18.1. The number of hydrogen-bond acceptors (Lipinski definition) is 4. The molecule has 0 aromatic heterocycles. The van der Waals surface area contributed by atoms with Crippen LogP contribution in [0.5, 0.6) is 17.2 Å². The number of nitrogens with one attached hydrogen (secondary N) is 1. The average molecular weight is 355 g/mol. The van der Waals surface area contributed by atoms with Crippen LogP contribution < -0.4 is 19.5 Å². The van der Waals surface area contributed by atoms with E-state index in [1.54, 1.807) is 12.1 Å². The SMILES string of the molecule is CC(C)CCOc1ccccc1CNC(=O)c1cccc2c1OCCO2. The lowest BCUT2D eigenvalue weighted by Crippen LogP contribution is -2.25. The maximum atomic E-state index is 12.6. The highest BCUT2D eigenvalue weighted by Crippen LogP contribution is 2.33. The van der Waals surface area contributed by atoms with Gasteiger partial charge in [0.25, 0.3) is 5.91 Å². The van der Waals surface area contributed by atoms with Gasteiger partial charge in [-0.25, -0.2) is 0 Å². The van der Waals surface area contributed by atoms with E-state index in [2.05, 4.69) is 19.2 Å². The zero-order valence-corrected chi connectivity index (χ0v) is 15.3. The summed E-state index contributed by atoms with van der Waals surface area (Å²) in [6.45, 7) is 6.34. The maximum Gasteiger partial charge on any atom is 0.255 e. The van der Waals surface area contributed by atoms with Crippen LogP contribution in [0.4, 0.5) is 0 Å². The molecule has 0 bridgehead atoms. The van der Waals surface area contributed by atoms with Crippen molar-refractivity contribution in [3.05, 3.63) is 53.6 Å². The quantitative estimate of drug-likeness (QED) is 0.820. The highest BCUT2D eigenvalue weighted by atomic mass is 16.6. The van der Waals surface area contributed by atoms with Crippen LogP contribution in [0.3, 0.4) is 0 Å². The van der Waals surface area contributed by atoms with E-state index in [-0.39, 0.29) is 5.91 Å². The van der Waals surface area contributed by atoms with Gasteiger partial charge in [0.2, 0.25) is 0 Å². The molecule has 1 N–H and O–H groups in total. The van der Waals surface area contributed by atoms with Crippen LogP contribution in [0.25, 0.3) is 0 Å². The molecule has 1 heterocycles. The molecule has 0 aliphatic carbocycles. The third-order valence-electron chi connectivity index (χ3n) is 4.18. The first-order valence-electron chi connectivity index (χ1n) is 9.02. The fourth-order valence-electron chi connectivity index (χ4n) is 2.72. The Kier molecular flexibility index (Phi) is 6.00. The minimum atomic E-state index is -0.190. The highest BCUT2D eigenvalue weighted by molar-refractivity contribution is 5.97. The molecule has 3 rings (SSSR count). The van der Waals surface area contributed by atoms with Crippen LogP contribution in [-0.2, 0) is 6.54 Å². The fraction of sp³-hybridized carbons (Fsp3) is 0.381. The number of carbonyl (C=O) groups excluding carboxylic acids is 1. The van der Waals surface area contributed by atoms with E-state index < -0.39 is 0 Å². The van der Waals surface area contributed by atoms with Crippen LogP contribution >= 0.6 is 0 Å². The minimum Gasteiger partial charge on any atom is -0.493 e. The van der Waals surface area contributed by atoms with Gasteiger partial charge >= 0.3 is 0 Å². The van der Waals surface area contributed by atoms with Gasteiger partial charge < -0.3 is 19.5 Å². The van der Waals surface area contributed by atoms with Gasteiger partial charge in [-0.3, -0.25) is 4.79 Å². The van der Waals surface area contributed by atoms with Crippen LogP contribution in [0.1, 0.15) is 36.2 Å². The smallest absolute Gasteiger partial charge is 0.255 e. The summed E-state index contributed by atoms with van der Waals surface area (Å²) in [5.41, 5.74) is 1.44. The Hall–Kier alpha value is -2.69. The van der Waals surface area contributed by atoms with Gasteiger partial charge in [-0.15, -0.1) is 0 Å². The molecule has 0 unspecified atom stereocenters. The predicted octanol–water partition coefficient (Wildman–Crippen LogP) is 3.81. The van der Waals surface area contributed by atoms with Crippen molar-refractivity contribution in [1.29, 1.82) is 0 Å². The molecular weight excluding hydrogens is 330 g/mol. The second-order valence-electron chi connectivity index (χ2n) is 6.65. The topological polar surface area (TPSA) is 56.8 Å². The molecule has 0 spiro atoms. The third kappa shape index (κ3) is 4.48. The lowest BCUT2D eigenvalue weighted by Gasteiger charge is -2.20. The first-order valence-corrected chi connectivity index (χ1v) is 9.02. The van der Waals surface area contributed by atoms with E-state index in [0.29, 0.717) is 49.3 Å². The van der Waals surface area contributed by atoms with Crippen LogP contribution in [-0.4, -0.2) is 25.7 Å². The second-order valence-corrected chi connectivity index (χ2v) is 6.65. The van der Waals surface area contributed by atoms with Gasteiger partial charge in [-0.2, -0.15) is 0 Å². The number of benzene rings is 2. The molecule has 2 aromatic rings. The maximum absolute atomic E-state index is 12.6. The molecule has 1 aliphatic rings. The molecular formula is C21H25NO4. The molecule has 0 saturated carbocycles. The summed E-state index contributed by atoms with van der Waals surface area (Å²) in [5, 5.41) is 2.95. The standard InChI is InChI=1S/C21H25NO4/c1-15(2)10-11-24-18-8-4-3-6-16(18)14-22-21(23)17-7-5-9-19-20(17)26-13-12-25-19/h3-9,15H,10-14H2,1-2H3,(H,22,23). The molecule has 1 aliphatic heterocycles. The molecule has 5 nitrogen and oxygen atoms in total. The van der Waals surface area contributed by atoms with Crippen molar-refractivity contribution < 1.29 is 19.0 Å². The average Bonchev–Trinajstić information content (AvgIpc) is 2.66. The minimum absolute atomic E-state index is 0.190. The predicted molar refractivity (Wildman–Crippen MR) is 100.0 cm³/mol. The van der Waals surface area contributed by atoms with Gasteiger partial charge in [-0.05, 0) is 30.5 Å². The largest absolute Gasteiger partial charge is 0.493 e. The van der Waals surface area contributed by atoms with Gasteiger partial charge in [-0.1, -0.05) is 38.1 Å². The number of amides is 1. The van der Waals surface area contributed by atoms with Crippen molar-refractivity contribution in [2.75, 3.05) is 19.8 Å². The monoisotopic (exact) mass is 355 g/mol. The molecule has 2 aromatic carbocycles. The normalized spacial score (nSPS) is 12.7. The molecule has 0 fully saturated rings. The number of ether oxygens (including phenoxy) is 3. The van der Waals surface area contributed by atoms with E-state index in [1.807, 2.05) is 30.3 Å². The van der Waals surface area contributed by atoms with Crippen molar-refractivity contribution in [3.63, 3.8) is 0 Å². The van der Waals surface area contributed by atoms with Crippen molar-refractivity contribution in [3.8, 4) is 17.2 Å². The number of rotatable bonds is 7. The van der Waals surface area contributed by atoms with Gasteiger partial charge in [0.05, 0.1) is 12.2 Å². The zero-order valence-electron chi connectivity index (χ0n) is 15.3. The molecule has 26 heavy (non-hydrogen) atoms. The van der Waals surface area contributed by atoms with Gasteiger partial charge in [0, 0.05) is 12.1 Å². The van der Waals surface area contributed by atoms with E-state index >= 15 is 0 Å². The van der Waals surface area contributed by atoms with E-state index in [9.17, 15) is 4.79 Å². The lowest BCUT2D eigenvalue weighted by molar-refractivity contribution is 0.0939. The van der Waals surface area contributed by atoms with Crippen molar-refractivity contribution in [2.45, 2.75) is 26.8 Å². The fourth-order valence-corrected chi connectivity index (χ4v) is 2.72. The summed E-state index contributed by atoms with van der Waals surface area (Å²) in [7, 11) is 0. The number of fused-ring (bicyclic) bond motifs is 1. The molecule has 1 amide bonds. The van der Waals surface area contributed by atoms with E-state index in [4.69, 9.17) is 14.2 Å². The van der Waals surface area contributed by atoms with E-state index in [0.717, 1.165) is 17.7 Å². The number of para-hydroxylation sites is 2. The lowest BCUT2D eigenvalue weighted by atomic mass is 10.1. The number of hydrogen-bond donors (Lipinski definition) is 1. The summed E-state index contributed by atoms with van der Waals surface area (Å²) >= 11 is 0. The zero-order chi connectivity index (χ0) is 18.4. The van der Waals surface area contributed by atoms with E-state index in [1.165, 1.54) is 0 Å². The number of carbonyl (C=O) groups is 1. The summed E-state index contributed by atoms with van der Waals surface area (Å²) in [6, 6.07) is 13.1. The Morgan fingerprint density at radius 3 is 2.77 bits per heavy atom. The molecule has 0 radical (unpaired) electrons. The van der Waals surface area contributed by atoms with Gasteiger partial charge in [0.1, 0.15) is 19.0 Å². The van der Waals surface area contributed by atoms with Gasteiger partial charge in [0.15, 0.2) is 11.5 Å². The van der Waals surface area contributed by atoms with Crippen molar-refractivity contribution in [1.82, 2.24) is 5.32 Å². The Morgan fingerprint density at radius 2 is 1.92 bits per heavy atom. The first-order chi connectivity index (χ1) is 12.6. The molecule has 5 heteroatoms. The molecule has 138 valence electrons. The van der Waals surface area contributed by atoms with Crippen LogP contribution in [0, 0.1) is 5.92 Å². The Morgan fingerprint density at radius 1 is 1.12 bits per heavy atom. The third-order valence-corrected chi connectivity index (χ3v) is 4.18. The summed E-state index contributed by atoms with van der Waals surface area (Å²) < 4.78 is 17.0. The van der Waals surface area contributed by atoms with Crippen molar-refractivity contribution >= 4 is 5.91 Å². The highest BCUT2D eigenvalue weighted by Gasteiger charge is 2.20. The summed E-state index contributed by atoms with van der Waals surface area (Å²) in [4.78, 5) is 12.6. The summed E-state index contributed by atoms with van der Waals surface area (Å²) in [6.07, 6.45) is 0.994. The molecule has 0 atom stereocenters. The Bertz CT molecular complexity index is 757. The second kappa shape index (κ2) is 8.61. The summed E-state index contributed by atoms with van der Waals surface area (Å²) in [5.74, 6) is 2.33. The molecule has 0 saturated heterocycles.